The van der Waals surface area contributed by atoms with Crippen molar-refractivity contribution >= 4 is 53.9 Å². The van der Waals surface area contributed by atoms with Gasteiger partial charge in [0, 0.05) is 16.7 Å². The second kappa shape index (κ2) is 9.82. The van der Waals surface area contributed by atoms with Crippen molar-refractivity contribution in [1.29, 1.82) is 0 Å². The van der Waals surface area contributed by atoms with Gasteiger partial charge in [-0.1, -0.05) is 146 Å². The molecule has 9 aromatic rings. The first-order chi connectivity index (χ1) is 21.8. The molecule has 0 bridgehead atoms. The van der Waals surface area contributed by atoms with Gasteiger partial charge in [0.15, 0.2) is 17.5 Å². The van der Waals surface area contributed by atoms with E-state index in [1.54, 1.807) is 0 Å². The topological polar surface area (TPSA) is 38.7 Å². The Hall–Kier alpha value is -5.93. The zero-order valence-corrected chi connectivity index (χ0v) is 23.8. The number of rotatable bonds is 3. The number of benzene rings is 8. The summed E-state index contributed by atoms with van der Waals surface area (Å²) in [6.07, 6.45) is 0. The van der Waals surface area contributed by atoms with Gasteiger partial charge in [0.05, 0.1) is 0 Å². The summed E-state index contributed by atoms with van der Waals surface area (Å²) in [6.45, 7) is 0. The van der Waals surface area contributed by atoms with Crippen LogP contribution < -0.4 is 0 Å². The number of aromatic nitrogens is 3. The first kappa shape index (κ1) is 24.6. The molecule has 1 heterocycles. The van der Waals surface area contributed by atoms with Crippen molar-refractivity contribution in [3.63, 3.8) is 0 Å². The van der Waals surface area contributed by atoms with Crippen LogP contribution >= 0.6 is 0 Å². The Morgan fingerprint density at radius 1 is 0.273 bits per heavy atom. The molecule has 1 aromatic heterocycles. The number of fused-ring (bicyclic) bond motifs is 8. The highest BCUT2D eigenvalue weighted by Crippen LogP contribution is 2.36. The fourth-order valence-corrected chi connectivity index (χ4v) is 6.55. The van der Waals surface area contributed by atoms with Crippen LogP contribution in [0.15, 0.2) is 152 Å². The van der Waals surface area contributed by atoms with Crippen LogP contribution in [0.4, 0.5) is 0 Å². The number of hydrogen-bond acceptors (Lipinski definition) is 3. The lowest BCUT2D eigenvalue weighted by atomic mass is 9.95. The summed E-state index contributed by atoms with van der Waals surface area (Å²) in [5.74, 6) is 1.99. The minimum absolute atomic E-state index is 0.660. The van der Waals surface area contributed by atoms with E-state index >= 15 is 0 Å². The monoisotopic (exact) mass is 559 g/mol. The van der Waals surface area contributed by atoms with Gasteiger partial charge >= 0.3 is 0 Å². The van der Waals surface area contributed by atoms with E-state index in [2.05, 4.69) is 133 Å². The molecule has 0 fully saturated rings. The summed E-state index contributed by atoms with van der Waals surface area (Å²) in [5, 5.41) is 12.1. The van der Waals surface area contributed by atoms with Crippen molar-refractivity contribution in [2.45, 2.75) is 0 Å². The molecule has 8 aromatic carbocycles. The zero-order chi connectivity index (χ0) is 29.0. The third-order valence-corrected chi connectivity index (χ3v) is 8.70. The second-order valence-electron chi connectivity index (χ2n) is 11.2. The first-order valence-corrected chi connectivity index (χ1v) is 14.9. The lowest BCUT2D eigenvalue weighted by Gasteiger charge is -2.13. The molecule has 0 aliphatic carbocycles. The maximum Gasteiger partial charge on any atom is 0.164 e. The molecule has 0 radical (unpaired) electrons. The Bertz CT molecular complexity index is 2550. The van der Waals surface area contributed by atoms with Crippen LogP contribution in [0.5, 0.6) is 0 Å². The molecule has 9 rings (SSSR count). The highest BCUT2D eigenvalue weighted by molar-refractivity contribution is 6.19. The Balaban J connectivity index is 1.27. The van der Waals surface area contributed by atoms with E-state index in [0.717, 1.165) is 27.5 Å². The van der Waals surface area contributed by atoms with E-state index in [9.17, 15) is 0 Å². The Morgan fingerprint density at radius 3 is 1.59 bits per heavy atom. The molecule has 3 nitrogen and oxygen atoms in total. The fraction of sp³-hybridized carbons (Fsp3) is 0. The molecule has 0 N–H and O–H groups in total. The number of hydrogen-bond donors (Lipinski definition) is 0. The molecular formula is C41H25N3. The largest absolute Gasteiger partial charge is 0.208 e. The predicted molar refractivity (Wildman–Crippen MR) is 184 cm³/mol. The van der Waals surface area contributed by atoms with Crippen molar-refractivity contribution in [3.8, 4) is 34.2 Å². The summed E-state index contributed by atoms with van der Waals surface area (Å²) < 4.78 is 0. The normalized spacial score (nSPS) is 11.6. The average Bonchev–Trinajstić information content (AvgIpc) is 3.11. The molecule has 0 spiro atoms. The molecule has 0 atom stereocenters. The van der Waals surface area contributed by atoms with E-state index in [-0.39, 0.29) is 0 Å². The van der Waals surface area contributed by atoms with Crippen molar-refractivity contribution in [2.75, 3.05) is 0 Å². The maximum absolute atomic E-state index is 5.13. The summed E-state index contributed by atoms with van der Waals surface area (Å²) in [4.78, 5) is 15.2. The van der Waals surface area contributed by atoms with Crippen LogP contribution in [0.1, 0.15) is 0 Å². The summed E-state index contributed by atoms with van der Waals surface area (Å²) >= 11 is 0. The SMILES string of the molecule is c1ccc(-c2nc(-c3ccc4c(ccc5ccccc54)c3)nc(-c3cccc4c3ccc3c5ccccc5ccc43)n2)cc1. The Morgan fingerprint density at radius 2 is 0.773 bits per heavy atom. The van der Waals surface area contributed by atoms with Crippen molar-refractivity contribution in [1.82, 2.24) is 15.0 Å². The molecular weight excluding hydrogens is 534 g/mol. The molecule has 0 aliphatic heterocycles. The molecule has 0 unspecified atom stereocenters. The summed E-state index contributed by atoms with van der Waals surface area (Å²) in [7, 11) is 0. The van der Waals surface area contributed by atoms with E-state index in [1.807, 2.05) is 18.2 Å². The zero-order valence-electron chi connectivity index (χ0n) is 23.8. The minimum atomic E-state index is 0.660. The van der Waals surface area contributed by atoms with Crippen LogP contribution in [0.3, 0.4) is 0 Å². The first-order valence-electron chi connectivity index (χ1n) is 14.9. The minimum Gasteiger partial charge on any atom is -0.208 e. The molecule has 3 heteroatoms. The van der Waals surface area contributed by atoms with Crippen LogP contribution in [0.2, 0.25) is 0 Å². The van der Waals surface area contributed by atoms with Crippen LogP contribution in [0, 0.1) is 0 Å². The predicted octanol–water partition coefficient (Wildman–Crippen LogP) is 10.6. The average molecular weight is 560 g/mol. The second-order valence-corrected chi connectivity index (χ2v) is 11.2. The highest BCUT2D eigenvalue weighted by Gasteiger charge is 2.16. The highest BCUT2D eigenvalue weighted by atomic mass is 15.0. The standard InChI is InChI=1S/C41H25N3/c1-2-11-28(12-3-1)39-42-40(30-20-21-33-29(25-30)18-17-26-9-4-6-13-31(26)33)44-41(43-39)38-16-8-15-34-36-22-19-27-10-5-7-14-32(27)35(36)23-24-37(34)38/h1-25H. The van der Waals surface area contributed by atoms with Gasteiger partial charge in [-0.05, 0) is 59.9 Å². The van der Waals surface area contributed by atoms with Gasteiger partial charge in [-0.15, -0.1) is 0 Å². The smallest absolute Gasteiger partial charge is 0.164 e. The van der Waals surface area contributed by atoms with E-state index in [1.165, 1.54) is 43.1 Å². The van der Waals surface area contributed by atoms with Gasteiger partial charge < -0.3 is 0 Å². The summed E-state index contributed by atoms with van der Waals surface area (Å²) in [5.41, 5.74) is 2.91. The van der Waals surface area contributed by atoms with Crippen molar-refractivity contribution < 1.29 is 0 Å². The number of nitrogens with zero attached hydrogens (tertiary/aromatic N) is 3. The van der Waals surface area contributed by atoms with Gasteiger partial charge in [0.1, 0.15) is 0 Å². The van der Waals surface area contributed by atoms with Gasteiger partial charge in [0.2, 0.25) is 0 Å². The van der Waals surface area contributed by atoms with Gasteiger partial charge in [0.25, 0.3) is 0 Å². The third kappa shape index (κ3) is 3.94. The molecule has 0 amide bonds. The Labute approximate surface area is 254 Å². The molecule has 0 saturated carbocycles. The van der Waals surface area contributed by atoms with Crippen molar-refractivity contribution in [2.24, 2.45) is 0 Å². The van der Waals surface area contributed by atoms with Gasteiger partial charge in [-0.2, -0.15) is 0 Å². The van der Waals surface area contributed by atoms with E-state index in [0.29, 0.717) is 17.5 Å². The van der Waals surface area contributed by atoms with Gasteiger partial charge in [-0.25, -0.2) is 15.0 Å². The molecule has 0 saturated heterocycles. The van der Waals surface area contributed by atoms with E-state index < -0.39 is 0 Å². The van der Waals surface area contributed by atoms with Crippen LogP contribution in [-0.4, -0.2) is 15.0 Å². The molecule has 0 aliphatic rings. The van der Waals surface area contributed by atoms with Gasteiger partial charge in [-0.3, -0.25) is 0 Å². The van der Waals surface area contributed by atoms with E-state index in [4.69, 9.17) is 15.0 Å². The molecule has 44 heavy (non-hydrogen) atoms. The fourth-order valence-electron chi connectivity index (χ4n) is 6.55. The van der Waals surface area contributed by atoms with Crippen LogP contribution in [0.25, 0.3) is 88.0 Å². The van der Waals surface area contributed by atoms with Crippen molar-refractivity contribution in [3.05, 3.63) is 152 Å². The van der Waals surface area contributed by atoms with Crippen LogP contribution in [-0.2, 0) is 0 Å². The third-order valence-electron chi connectivity index (χ3n) is 8.70. The summed E-state index contributed by atoms with van der Waals surface area (Å²) in [6, 6.07) is 53.4. The lowest BCUT2D eigenvalue weighted by Crippen LogP contribution is -2.00. The lowest BCUT2D eigenvalue weighted by molar-refractivity contribution is 1.08. The quantitative estimate of drug-likeness (QED) is 0.202. The Kier molecular flexibility index (Phi) is 5.50. The maximum atomic E-state index is 5.13. The molecule has 204 valence electrons.